The van der Waals surface area contributed by atoms with Gasteiger partial charge < -0.3 is 5.32 Å². The lowest BCUT2D eigenvalue weighted by atomic mass is 10.2. The van der Waals surface area contributed by atoms with Crippen molar-refractivity contribution in [2.75, 3.05) is 11.1 Å². The Bertz CT molecular complexity index is 811. The second kappa shape index (κ2) is 6.97. The molecule has 2 aromatic heterocycles. The minimum absolute atomic E-state index is 0.0607. The van der Waals surface area contributed by atoms with E-state index in [1.807, 2.05) is 55.7 Å². The van der Waals surface area contributed by atoms with Crippen LogP contribution in [0.3, 0.4) is 0 Å². The molecule has 0 bridgehead atoms. The molecule has 2 heterocycles. The third-order valence-electron chi connectivity index (χ3n) is 3.15. The number of thiazole rings is 1. The summed E-state index contributed by atoms with van der Waals surface area (Å²) in [5.74, 6) is 0.970. The van der Waals surface area contributed by atoms with E-state index in [9.17, 15) is 4.79 Å². The third kappa shape index (κ3) is 4.00. The highest BCUT2D eigenvalue weighted by Crippen LogP contribution is 2.28. The quantitative estimate of drug-likeness (QED) is 0.719. The smallest absolute Gasteiger partial charge is 0.235 e. The first-order chi connectivity index (χ1) is 11.1. The summed E-state index contributed by atoms with van der Waals surface area (Å²) >= 11 is 3.00. The van der Waals surface area contributed by atoms with Gasteiger partial charge >= 0.3 is 0 Å². The van der Waals surface area contributed by atoms with E-state index in [1.54, 1.807) is 16.0 Å². The fourth-order valence-corrected chi connectivity index (χ4v) is 3.73. The van der Waals surface area contributed by atoms with Crippen LogP contribution in [0.2, 0.25) is 0 Å². The van der Waals surface area contributed by atoms with Gasteiger partial charge in [0.25, 0.3) is 0 Å². The topological polar surface area (TPSA) is 59.8 Å². The van der Waals surface area contributed by atoms with Gasteiger partial charge in [0, 0.05) is 24.1 Å². The first kappa shape index (κ1) is 15.8. The molecule has 0 atom stereocenters. The molecule has 0 saturated heterocycles. The minimum atomic E-state index is -0.0607. The van der Waals surface area contributed by atoms with Crippen LogP contribution in [0.15, 0.2) is 46.1 Å². The van der Waals surface area contributed by atoms with Gasteiger partial charge in [-0.25, -0.2) is 4.98 Å². The first-order valence-electron chi connectivity index (χ1n) is 7.06. The third-order valence-corrected chi connectivity index (χ3v) is 5.17. The Hall–Kier alpha value is -2.12. The lowest BCUT2D eigenvalue weighted by Crippen LogP contribution is -2.16. The zero-order valence-corrected chi connectivity index (χ0v) is 14.4. The standard InChI is InChI=1S/C16H16N4OS2/c1-11-8-14(20(2)19-11)18-15(21)10-23-16-17-13(9-22-16)12-6-4-3-5-7-12/h3-9H,10H2,1-2H3,(H,18,21). The van der Waals surface area contributed by atoms with Gasteiger partial charge in [-0.2, -0.15) is 5.10 Å². The predicted molar refractivity (Wildman–Crippen MR) is 94.8 cm³/mol. The summed E-state index contributed by atoms with van der Waals surface area (Å²) in [7, 11) is 1.81. The predicted octanol–water partition coefficient (Wildman–Crippen LogP) is 3.58. The number of aryl methyl sites for hydroxylation is 2. The lowest BCUT2D eigenvalue weighted by molar-refractivity contribution is -0.113. The van der Waals surface area contributed by atoms with E-state index in [1.165, 1.54) is 11.8 Å². The number of hydrogen-bond acceptors (Lipinski definition) is 5. The molecule has 5 nitrogen and oxygen atoms in total. The molecular formula is C16H16N4OS2. The van der Waals surface area contributed by atoms with Gasteiger partial charge in [0.05, 0.1) is 17.1 Å². The van der Waals surface area contributed by atoms with Crippen LogP contribution in [0.25, 0.3) is 11.3 Å². The molecule has 1 aromatic carbocycles. The SMILES string of the molecule is Cc1cc(NC(=O)CSc2nc(-c3ccccc3)cs2)n(C)n1. The monoisotopic (exact) mass is 344 g/mol. The van der Waals surface area contributed by atoms with Crippen LogP contribution in [0.5, 0.6) is 0 Å². The van der Waals surface area contributed by atoms with Crippen LogP contribution >= 0.6 is 23.1 Å². The number of thioether (sulfide) groups is 1. The van der Waals surface area contributed by atoms with Crippen molar-refractivity contribution in [1.29, 1.82) is 0 Å². The Morgan fingerprint density at radius 3 is 2.83 bits per heavy atom. The van der Waals surface area contributed by atoms with Crippen molar-refractivity contribution in [3.8, 4) is 11.3 Å². The van der Waals surface area contributed by atoms with Gasteiger partial charge in [-0.3, -0.25) is 9.48 Å². The average Bonchev–Trinajstić information content (AvgIpc) is 3.13. The fourth-order valence-electron chi connectivity index (χ4n) is 2.10. The Balaban J connectivity index is 1.57. The zero-order chi connectivity index (χ0) is 16.2. The summed E-state index contributed by atoms with van der Waals surface area (Å²) in [5, 5.41) is 9.08. The summed E-state index contributed by atoms with van der Waals surface area (Å²) in [6, 6.07) is 11.9. The second-order valence-electron chi connectivity index (χ2n) is 5.00. The summed E-state index contributed by atoms with van der Waals surface area (Å²) in [4.78, 5) is 16.6. The van der Waals surface area contributed by atoms with Crippen LogP contribution < -0.4 is 5.32 Å². The molecule has 0 spiro atoms. The van der Waals surface area contributed by atoms with Crippen molar-refractivity contribution < 1.29 is 4.79 Å². The number of amides is 1. The van der Waals surface area contributed by atoms with Gasteiger partial charge in [-0.1, -0.05) is 42.1 Å². The molecule has 23 heavy (non-hydrogen) atoms. The maximum atomic E-state index is 12.0. The highest BCUT2D eigenvalue weighted by Gasteiger charge is 2.10. The highest BCUT2D eigenvalue weighted by molar-refractivity contribution is 8.01. The molecule has 118 valence electrons. The molecule has 3 rings (SSSR count). The molecule has 0 aliphatic rings. The van der Waals surface area contributed by atoms with Gasteiger partial charge in [-0.15, -0.1) is 11.3 Å². The van der Waals surface area contributed by atoms with E-state index >= 15 is 0 Å². The molecule has 0 aliphatic carbocycles. The van der Waals surface area contributed by atoms with Crippen LogP contribution in [0, 0.1) is 6.92 Å². The highest BCUT2D eigenvalue weighted by atomic mass is 32.2. The molecule has 0 aliphatic heterocycles. The number of benzene rings is 1. The Kier molecular flexibility index (Phi) is 4.78. The Morgan fingerprint density at radius 1 is 1.35 bits per heavy atom. The second-order valence-corrected chi connectivity index (χ2v) is 7.08. The number of hydrogen-bond donors (Lipinski definition) is 1. The van der Waals surface area contributed by atoms with Gasteiger partial charge in [0.2, 0.25) is 5.91 Å². The van der Waals surface area contributed by atoms with E-state index in [-0.39, 0.29) is 5.91 Å². The molecule has 0 unspecified atom stereocenters. The van der Waals surface area contributed by atoms with E-state index in [4.69, 9.17) is 0 Å². The Labute approximate surface area is 142 Å². The number of anilines is 1. The van der Waals surface area contributed by atoms with Crippen LogP contribution in [-0.4, -0.2) is 26.4 Å². The summed E-state index contributed by atoms with van der Waals surface area (Å²) in [6.07, 6.45) is 0. The normalized spacial score (nSPS) is 10.7. The average molecular weight is 344 g/mol. The van der Waals surface area contributed by atoms with E-state index < -0.39 is 0 Å². The van der Waals surface area contributed by atoms with Crippen LogP contribution in [0.1, 0.15) is 5.69 Å². The zero-order valence-electron chi connectivity index (χ0n) is 12.8. The van der Waals surface area contributed by atoms with Crippen molar-refractivity contribution in [3.63, 3.8) is 0 Å². The van der Waals surface area contributed by atoms with Crippen molar-refractivity contribution in [2.45, 2.75) is 11.3 Å². The van der Waals surface area contributed by atoms with Crippen molar-refractivity contribution in [2.24, 2.45) is 7.05 Å². The molecular weight excluding hydrogens is 328 g/mol. The van der Waals surface area contributed by atoms with E-state index in [2.05, 4.69) is 15.4 Å². The summed E-state index contributed by atoms with van der Waals surface area (Å²) in [6.45, 7) is 1.89. The molecule has 1 amide bonds. The molecule has 3 aromatic rings. The first-order valence-corrected chi connectivity index (χ1v) is 8.92. The summed E-state index contributed by atoms with van der Waals surface area (Å²) < 4.78 is 2.55. The molecule has 7 heteroatoms. The molecule has 0 fully saturated rings. The van der Waals surface area contributed by atoms with Crippen LogP contribution in [-0.2, 0) is 11.8 Å². The van der Waals surface area contributed by atoms with Crippen LogP contribution in [0.4, 0.5) is 5.82 Å². The van der Waals surface area contributed by atoms with Gasteiger partial charge in [-0.05, 0) is 6.92 Å². The number of nitrogens with zero attached hydrogens (tertiary/aromatic N) is 3. The number of carbonyl (C=O) groups excluding carboxylic acids is 1. The summed E-state index contributed by atoms with van der Waals surface area (Å²) in [5.41, 5.74) is 2.91. The van der Waals surface area contributed by atoms with Gasteiger partial charge in [0.15, 0.2) is 4.34 Å². The largest absolute Gasteiger partial charge is 0.310 e. The minimum Gasteiger partial charge on any atom is -0.310 e. The van der Waals surface area contributed by atoms with Gasteiger partial charge in [0.1, 0.15) is 5.82 Å². The molecule has 0 radical (unpaired) electrons. The molecule has 0 saturated carbocycles. The number of rotatable bonds is 5. The van der Waals surface area contributed by atoms with E-state index in [0.717, 1.165) is 21.3 Å². The fraction of sp³-hybridized carbons (Fsp3) is 0.188. The van der Waals surface area contributed by atoms with Crippen molar-refractivity contribution in [1.82, 2.24) is 14.8 Å². The lowest BCUT2D eigenvalue weighted by Gasteiger charge is -2.03. The molecule has 1 N–H and O–H groups in total. The number of carbonyl (C=O) groups is 1. The maximum Gasteiger partial charge on any atom is 0.235 e. The van der Waals surface area contributed by atoms with Crippen molar-refractivity contribution in [3.05, 3.63) is 47.5 Å². The number of nitrogens with one attached hydrogen (secondary N) is 1. The van der Waals surface area contributed by atoms with Crippen molar-refractivity contribution >= 4 is 34.8 Å². The van der Waals surface area contributed by atoms with E-state index in [0.29, 0.717) is 11.6 Å². The maximum absolute atomic E-state index is 12.0. The number of aromatic nitrogens is 3. The Morgan fingerprint density at radius 2 is 2.13 bits per heavy atom.